The lowest BCUT2D eigenvalue weighted by atomic mass is 10.1. The highest BCUT2D eigenvalue weighted by atomic mass is 79.9. The summed E-state index contributed by atoms with van der Waals surface area (Å²) in [6.45, 7) is 0. The summed E-state index contributed by atoms with van der Waals surface area (Å²) in [4.78, 5) is 4.45. The number of hydrogen-bond donors (Lipinski definition) is 0. The van der Waals surface area contributed by atoms with Gasteiger partial charge in [0.25, 0.3) is 0 Å². The van der Waals surface area contributed by atoms with Gasteiger partial charge in [0.15, 0.2) is 0 Å². The molecule has 0 amide bonds. The van der Waals surface area contributed by atoms with E-state index in [1.165, 1.54) is 5.56 Å². The van der Waals surface area contributed by atoms with Gasteiger partial charge in [-0.05, 0) is 30.5 Å². The van der Waals surface area contributed by atoms with Crippen molar-refractivity contribution in [2.24, 2.45) is 0 Å². The van der Waals surface area contributed by atoms with Gasteiger partial charge >= 0.3 is 0 Å². The lowest BCUT2D eigenvalue weighted by Crippen LogP contribution is -1.90. The van der Waals surface area contributed by atoms with Crippen molar-refractivity contribution < 1.29 is 4.52 Å². The van der Waals surface area contributed by atoms with Crippen LogP contribution in [0.15, 0.2) is 63.6 Å². The van der Waals surface area contributed by atoms with E-state index < -0.39 is 0 Å². The van der Waals surface area contributed by atoms with Crippen LogP contribution in [0.3, 0.4) is 0 Å². The van der Waals surface area contributed by atoms with Gasteiger partial charge in [0, 0.05) is 16.5 Å². The minimum absolute atomic E-state index is 0.644. The Morgan fingerprint density at radius 2 is 1.81 bits per heavy atom. The van der Waals surface area contributed by atoms with Crippen molar-refractivity contribution in [3.63, 3.8) is 0 Å². The van der Waals surface area contributed by atoms with Crippen LogP contribution < -0.4 is 0 Å². The monoisotopic (exact) mass is 342 g/mol. The molecular weight excluding hydrogens is 328 g/mol. The van der Waals surface area contributed by atoms with Crippen molar-refractivity contribution in [1.82, 2.24) is 10.1 Å². The van der Waals surface area contributed by atoms with Gasteiger partial charge in [0.05, 0.1) is 0 Å². The lowest BCUT2D eigenvalue weighted by molar-refractivity contribution is 0.376. The summed E-state index contributed by atoms with van der Waals surface area (Å²) in [7, 11) is 0. The zero-order chi connectivity index (χ0) is 14.5. The summed E-state index contributed by atoms with van der Waals surface area (Å²) < 4.78 is 6.33. The van der Waals surface area contributed by atoms with Crippen molar-refractivity contribution in [2.45, 2.75) is 19.3 Å². The van der Waals surface area contributed by atoms with E-state index in [9.17, 15) is 0 Å². The van der Waals surface area contributed by atoms with Gasteiger partial charge < -0.3 is 4.52 Å². The van der Waals surface area contributed by atoms with Crippen LogP contribution in [0.5, 0.6) is 0 Å². The predicted molar refractivity (Wildman–Crippen MR) is 85.9 cm³/mol. The van der Waals surface area contributed by atoms with Crippen molar-refractivity contribution in [1.29, 1.82) is 0 Å². The number of rotatable bonds is 5. The molecule has 1 heterocycles. The molecule has 0 spiro atoms. The molecule has 0 unspecified atom stereocenters. The van der Waals surface area contributed by atoms with E-state index in [4.69, 9.17) is 4.52 Å². The van der Waals surface area contributed by atoms with Crippen LogP contribution in [0, 0.1) is 0 Å². The second-order valence-electron chi connectivity index (χ2n) is 4.86. The average molecular weight is 343 g/mol. The molecular formula is C17H15BrN2O. The molecule has 2 aromatic carbocycles. The summed E-state index contributed by atoms with van der Waals surface area (Å²) in [5.74, 6) is 1.34. The Morgan fingerprint density at radius 1 is 0.952 bits per heavy atom. The smallest absolute Gasteiger partial charge is 0.226 e. The van der Waals surface area contributed by atoms with Crippen molar-refractivity contribution in [2.75, 3.05) is 0 Å². The first kappa shape index (κ1) is 14.0. The fraction of sp³-hybridized carbons (Fsp3) is 0.176. The molecule has 21 heavy (non-hydrogen) atoms. The van der Waals surface area contributed by atoms with Gasteiger partial charge in [-0.1, -0.05) is 63.6 Å². The minimum Gasteiger partial charge on any atom is -0.339 e. The number of hydrogen-bond acceptors (Lipinski definition) is 3. The first-order valence-corrected chi connectivity index (χ1v) is 7.73. The molecule has 106 valence electrons. The molecule has 3 nitrogen and oxygen atoms in total. The number of aromatic nitrogens is 2. The summed E-state index contributed by atoms with van der Waals surface area (Å²) in [5, 5.41) is 4.05. The molecule has 4 heteroatoms. The summed E-state index contributed by atoms with van der Waals surface area (Å²) >= 11 is 3.45. The number of nitrogens with zero attached hydrogens (tertiary/aromatic N) is 2. The van der Waals surface area contributed by atoms with Crippen molar-refractivity contribution in [3.05, 3.63) is 70.5 Å². The Balaban J connectivity index is 1.60. The lowest BCUT2D eigenvalue weighted by Gasteiger charge is -1.98. The van der Waals surface area contributed by atoms with E-state index in [1.54, 1.807) is 0 Å². The third-order valence-electron chi connectivity index (χ3n) is 3.25. The molecule has 1 aromatic heterocycles. The Morgan fingerprint density at radius 3 is 2.62 bits per heavy atom. The second kappa shape index (κ2) is 6.68. The largest absolute Gasteiger partial charge is 0.339 e. The second-order valence-corrected chi connectivity index (χ2v) is 5.78. The van der Waals surface area contributed by atoms with Crippen molar-refractivity contribution in [3.8, 4) is 11.4 Å². The van der Waals surface area contributed by atoms with E-state index >= 15 is 0 Å². The maximum Gasteiger partial charge on any atom is 0.226 e. The van der Waals surface area contributed by atoms with Crippen LogP contribution in [0.25, 0.3) is 11.4 Å². The molecule has 3 rings (SSSR count). The van der Waals surface area contributed by atoms with Gasteiger partial charge in [-0.3, -0.25) is 0 Å². The van der Waals surface area contributed by atoms with Crippen LogP contribution in [-0.2, 0) is 12.8 Å². The van der Waals surface area contributed by atoms with E-state index in [-0.39, 0.29) is 0 Å². The van der Waals surface area contributed by atoms with Crippen molar-refractivity contribution >= 4 is 15.9 Å². The number of aryl methyl sites for hydroxylation is 2. The normalized spacial score (nSPS) is 10.7. The maximum atomic E-state index is 5.32. The number of benzene rings is 2. The topological polar surface area (TPSA) is 38.9 Å². The Kier molecular flexibility index (Phi) is 4.46. The van der Waals surface area contributed by atoms with Crippen LogP contribution in [0.2, 0.25) is 0 Å². The van der Waals surface area contributed by atoms with Gasteiger partial charge in [0.1, 0.15) is 0 Å². The minimum atomic E-state index is 0.644. The van der Waals surface area contributed by atoms with Crippen LogP contribution >= 0.6 is 15.9 Å². The standard InChI is InChI=1S/C17H15BrN2O/c18-15-10-5-9-14(12-15)17-19-16(21-20-17)11-4-8-13-6-2-1-3-7-13/h1-3,5-7,9-10,12H,4,8,11H2. The first-order chi connectivity index (χ1) is 10.3. The summed E-state index contributed by atoms with van der Waals surface area (Å²) in [6, 6.07) is 18.3. The summed E-state index contributed by atoms with van der Waals surface area (Å²) in [6.07, 6.45) is 2.83. The molecule has 0 radical (unpaired) electrons. The van der Waals surface area contributed by atoms with Crippen LogP contribution in [0.4, 0.5) is 0 Å². The Bertz CT molecular complexity index is 710. The van der Waals surface area contributed by atoms with Crippen LogP contribution in [0.1, 0.15) is 17.9 Å². The van der Waals surface area contributed by atoms with Gasteiger partial charge in [-0.25, -0.2) is 0 Å². The number of halogens is 1. The Hall–Kier alpha value is -1.94. The molecule has 0 aliphatic carbocycles. The van der Waals surface area contributed by atoms with Gasteiger partial charge in [0.2, 0.25) is 11.7 Å². The highest BCUT2D eigenvalue weighted by molar-refractivity contribution is 9.10. The van der Waals surface area contributed by atoms with Gasteiger partial charge in [-0.15, -0.1) is 0 Å². The molecule has 0 aliphatic heterocycles. The zero-order valence-electron chi connectivity index (χ0n) is 11.5. The van der Waals surface area contributed by atoms with Gasteiger partial charge in [-0.2, -0.15) is 4.98 Å². The van der Waals surface area contributed by atoms with E-state index in [0.717, 1.165) is 29.3 Å². The fourth-order valence-electron chi connectivity index (χ4n) is 2.19. The predicted octanol–water partition coefficient (Wildman–Crippen LogP) is 4.67. The molecule has 0 aliphatic rings. The first-order valence-electron chi connectivity index (χ1n) is 6.94. The highest BCUT2D eigenvalue weighted by Crippen LogP contribution is 2.20. The molecule has 0 fully saturated rings. The van der Waals surface area contributed by atoms with Crippen LogP contribution in [-0.4, -0.2) is 10.1 Å². The third-order valence-corrected chi connectivity index (χ3v) is 3.74. The molecule has 0 atom stereocenters. The molecule has 0 saturated heterocycles. The molecule has 0 bridgehead atoms. The van der Waals surface area contributed by atoms with E-state index in [1.807, 2.05) is 30.3 Å². The average Bonchev–Trinajstić information content (AvgIpc) is 2.97. The van der Waals surface area contributed by atoms with E-state index in [0.29, 0.717) is 11.7 Å². The third kappa shape index (κ3) is 3.79. The summed E-state index contributed by atoms with van der Waals surface area (Å²) in [5.41, 5.74) is 2.30. The fourth-order valence-corrected chi connectivity index (χ4v) is 2.59. The molecule has 3 aromatic rings. The maximum absolute atomic E-state index is 5.32. The zero-order valence-corrected chi connectivity index (χ0v) is 13.1. The molecule has 0 saturated carbocycles. The molecule has 0 N–H and O–H groups in total. The SMILES string of the molecule is Brc1cccc(-c2noc(CCCc3ccccc3)n2)c1. The Labute approximate surface area is 132 Å². The highest BCUT2D eigenvalue weighted by Gasteiger charge is 2.08. The quantitative estimate of drug-likeness (QED) is 0.675. The van der Waals surface area contributed by atoms with E-state index in [2.05, 4.69) is 50.3 Å².